The van der Waals surface area contributed by atoms with Gasteiger partial charge in [-0.1, -0.05) is 55.9 Å². The Bertz CT molecular complexity index is 863. The molecular formula is C20H23N3O2S. The molecular weight excluding hydrogens is 346 g/mol. The second-order valence-corrected chi connectivity index (χ2v) is 7.24. The molecule has 0 atom stereocenters. The molecule has 1 heterocycles. The molecule has 2 aromatic carbocycles. The van der Waals surface area contributed by atoms with Gasteiger partial charge in [-0.15, -0.1) is 10.2 Å². The molecule has 0 spiro atoms. The van der Waals surface area contributed by atoms with Gasteiger partial charge in [0.15, 0.2) is 22.5 Å². The Hall–Kier alpha value is -2.47. The van der Waals surface area contributed by atoms with Crippen molar-refractivity contribution in [1.82, 2.24) is 14.8 Å². The fraction of sp³-hybridized carbons (Fsp3) is 0.300. The molecule has 6 heteroatoms. The first-order valence-corrected chi connectivity index (χ1v) is 9.48. The van der Waals surface area contributed by atoms with E-state index >= 15 is 0 Å². The van der Waals surface area contributed by atoms with Crippen LogP contribution in [0, 0.1) is 5.92 Å². The molecule has 0 aliphatic rings. The highest BCUT2D eigenvalue weighted by molar-refractivity contribution is 7.99. The van der Waals surface area contributed by atoms with Crippen LogP contribution in [0.15, 0.2) is 53.7 Å². The Morgan fingerprint density at radius 2 is 1.69 bits per heavy atom. The van der Waals surface area contributed by atoms with E-state index in [-0.39, 0.29) is 0 Å². The second-order valence-electron chi connectivity index (χ2n) is 6.25. The number of rotatable bonds is 7. The lowest BCUT2D eigenvalue weighted by Gasteiger charge is -2.14. The van der Waals surface area contributed by atoms with Crippen LogP contribution in [0.25, 0.3) is 17.1 Å². The minimum absolute atomic E-state index is 0.565. The van der Waals surface area contributed by atoms with Gasteiger partial charge >= 0.3 is 0 Å². The normalized spacial score (nSPS) is 11.0. The average molecular weight is 369 g/mol. The topological polar surface area (TPSA) is 49.2 Å². The molecule has 0 saturated heterocycles. The van der Waals surface area contributed by atoms with Gasteiger partial charge in [0.25, 0.3) is 0 Å². The summed E-state index contributed by atoms with van der Waals surface area (Å²) >= 11 is 1.71. The standard InChI is InChI=1S/C20H23N3O2S/c1-14(2)13-26-20-22-21-19(15-8-6-5-7-9-15)23(20)16-10-11-17(24-3)18(12-16)25-4/h5-12,14H,13H2,1-4H3. The van der Waals surface area contributed by atoms with Crippen molar-refractivity contribution in [1.29, 1.82) is 0 Å². The average Bonchev–Trinajstić information content (AvgIpc) is 3.10. The van der Waals surface area contributed by atoms with Gasteiger partial charge in [-0.05, 0) is 18.1 Å². The van der Waals surface area contributed by atoms with E-state index in [1.807, 2.05) is 48.5 Å². The molecule has 0 amide bonds. The van der Waals surface area contributed by atoms with Gasteiger partial charge in [-0.3, -0.25) is 4.57 Å². The highest BCUT2D eigenvalue weighted by Crippen LogP contribution is 2.34. The molecule has 0 unspecified atom stereocenters. The first-order valence-electron chi connectivity index (χ1n) is 8.50. The Kier molecular flexibility index (Phi) is 5.83. The quantitative estimate of drug-likeness (QED) is 0.565. The summed E-state index contributed by atoms with van der Waals surface area (Å²) < 4.78 is 12.9. The number of thioether (sulfide) groups is 1. The second kappa shape index (κ2) is 8.27. The first kappa shape index (κ1) is 18.3. The summed E-state index contributed by atoms with van der Waals surface area (Å²) in [6.07, 6.45) is 0. The Morgan fingerprint density at radius 3 is 2.35 bits per heavy atom. The molecule has 3 rings (SSSR count). The molecule has 0 bridgehead atoms. The summed E-state index contributed by atoms with van der Waals surface area (Å²) in [7, 11) is 3.27. The highest BCUT2D eigenvalue weighted by Gasteiger charge is 2.18. The lowest BCUT2D eigenvalue weighted by Crippen LogP contribution is -2.02. The first-order chi connectivity index (χ1) is 12.6. The summed E-state index contributed by atoms with van der Waals surface area (Å²) in [5.41, 5.74) is 1.96. The molecule has 3 aromatic rings. The van der Waals surface area contributed by atoms with Crippen molar-refractivity contribution in [3.8, 4) is 28.6 Å². The molecule has 136 valence electrons. The van der Waals surface area contributed by atoms with Crippen LogP contribution in [0.2, 0.25) is 0 Å². The summed E-state index contributed by atoms with van der Waals surface area (Å²) in [6.45, 7) is 4.39. The number of nitrogens with zero attached hydrogens (tertiary/aromatic N) is 3. The minimum Gasteiger partial charge on any atom is -0.493 e. The van der Waals surface area contributed by atoms with Crippen molar-refractivity contribution in [2.45, 2.75) is 19.0 Å². The largest absolute Gasteiger partial charge is 0.493 e. The van der Waals surface area contributed by atoms with Gasteiger partial charge in [0.1, 0.15) is 0 Å². The fourth-order valence-electron chi connectivity index (χ4n) is 2.58. The van der Waals surface area contributed by atoms with Crippen molar-refractivity contribution in [2.75, 3.05) is 20.0 Å². The van der Waals surface area contributed by atoms with Crippen LogP contribution >= 0.6 is 11.8 Å². The maximum absolute atomic E-state index is 5.47. The van der Waals surface area contributed by atoms with Crippen molar-refractivity contribution in [3.05, 3.63) is 48.5 Å². The molecule has 0 saturated carbocycles. The summed E-state index contributed by atoms with van der Waals surface area (Å²) in [4.78, 5) is 0. The Balaban J connectivity index is 2.12. The van der Waals surface area contributed by atoms with Crippen molar-refractivity contribution >= 4 is 11.8 Å². The summed E-state index contributed by atoms with van der Waals surface area (Å²) in [5.74, 6) is 3.72. The molecule has 0 aliphatic heterocycles. The maximum Gasteiger partial charge on any atom is 0.196 e. The van der Waals surface area contributed by atoms with E-state index in [1.54, 1.807) is 26.0 Å². The van der Waals surface area contributed by atoms with Crippen LogP contribution in [-0.4, -0.2) is 34.7 Å². The minimum atomic E-state index is 0.565. The molecule has 26 heavy (non-hydrogen) atoms. The van der Waals surface area contributed by atoms with Gasteiger partial charge in [0.2, 0.25) is 0 Å². The van der Waals surface area contributed by atoms with Crippen LogP contribution in [0.4, 0.5) is 0 Å². The lowest BCUT2D eigenvalue weighted by molar-refractivity contribution is 0.355. The van der Waals surface area contributed by atoms with Gasteiger partial charge in [-0.2, -0.15) is 0 Å². The third-order valence-corrected chi connectivity index (χ3v) is 5.19. The smallest absolute Gasteiger partial charge is 0.196 e. The fourth-order valence-corrected chi connectivity index (χ4v) is 3.48. The van der Waals surface area contributed by atoms with E-state index in [4.69, 9.17) is 9.47 Å². The van der Waals surface area contributed by atoms with Crippen LogP contribution in [0.5, 0.6) is 11.5 Å². The molecule has 0 N–H and O–H groups in total. The van der Waals surface area contributed by atoms with Crippen LogP contribution in [0.3, 0.4) is 0 Å². The zero-order valence-corrected chi connectivity index (χ0v) is 16.3. The van der Waals surface area contributed by atoms with Crippen LogP contribution < -0.4 is 9.47 Å². The SMILES string of the molecule is COc1ccc(-n2c(SCC(C)C)nnc2-c2ccccc2)cc1OC. The monoisotopic (exact) mass is 369 g/mol. The zero-order chi connectivity index (χ0) is 18.5. The molecule has 0 radical (unpaired) electrons. The van der Waals surface area contributed by atoms with Crippen LogP contribution in [-0.2, 0) is 0 Å². The van der Waals surface area contributed by atoms with Gasteiger partial charge in [0.05, 0.1) is 19.9 Å². The predicted octanol–water partition coefficient (Wildman–Crippen LogP) is 4.70. The van der Waals surface area contributed by atoms with Crippen molar-refractivity contribution in [3.63, 3.8) is 0 Å². The predicted molar refractivity (Wildman–Crippen MR) is 105 cm³/mol. The highest BCUT2D eigenvalue weighted by atomic mass is 32.2. The molecule has 5 nitrogen and oxygen atoms in total. The third kappa shape index (κ3) is 3.85. The lowest BCUT2D eigenvalue weighted by atomic mass is 10.2. The van der Waals surface area contributed by atoms with Crippen molar-refractivity contribution < 1.29 is 9.47 Å². The number of aromatic nitrogens is 3. The van der Waals surface area contributed by atoms with E-state index < -0.39 is 0 Å². The van der Waals surface area contributed by atoms with Crippen molar-refractivity contribution in [2.24, 2.45) is 5.92 Å². The van der Waals surface area contributed by atoms with E-state index in [0.717, 1.165) is 28.0 Å². The molecule has 0 fully saturated rings. The number of methoxy groups -OCH3 is 2. The number of benzene rings is 2. The van der Waals surface area contributed by atoms with E-state index in [0.29, 0.717) is 17.4 Å². The van der Waals surface area contributed by atoms with E-state index in [2.05, 4.69) is 28.6 Å². The number of ether oxygens (including phenoxy) is 2. The molecule has 1 aromatic heterocycles. The summed E-state index contributed by atoms with van der Waals surface area (Å²) in [6, 6.07) is 15.9. The maximum atomic E-state index is 5.47. The Morgan fingerprint density at radius 1 is 0.962 bits per heavy atom. The zero-order valence-electron chi connectivity index (χ0n) is 15.5. The van der Waals surface area contributed by atoms with E-state index in [1.165, 1.54) is 0 Å². The number of hydrogen-bond acceptors (Lipinski definition) is 5. The van der Waals surface area contributed by atoms with E-state index in [9.17, 15) is 0 Å². The number of hydrogen-bond donors (Lipinski definition) is 0. The van der Waals surface area contributed by atoms with Crippen LogP contribution in [0.1, 0.15) is 13.8 Å². The third-order valence-electron chi connectivity index (χ3n) is 3.84. The van der Waals surface area contributed by atoms with Gasteiger partial charge in [0, 0.05) is 17.4 Å². The van der Waals surface area contributed by atoms with Gasteiger partial charge in [-0.25, -0.2) is 0 Å². The van der Waals surface area contributed by atoms with Gasteiger partial charge < -0.3 is 9.47 Å². The summed E-state index contributed by atoms with van der Waals surface area (Å²) in [5, 5.41) is 9.77. The molecule has 0 aliphatic carbocycles. The Labute approximate surface area is 158 Å².